The molecule has 1 fully saturated rings. The van der Waals surface area contributed by atoms with Crippen molar-refractivity contribution in [3.8, 4) is 0 Å². The van der Waals surface area contributed by atoms with E-state index < -0.39 is 0 Å². The molecule has 0 bridgehead atoms. The molecule has 1 aliphatic rings. The number of aryl methyl sites for hydroxylation is 1. The highest BCUT2D eigenvalue weighted by Gasteiger charge is 2.52. The van der Waals surface area contributed by atoms with Crippen LogP contribution in [-0.4, -0.2) is 38.1 Å². The Labute approximate surface area is 131 Å². The summed E-state index contributed by atoms with van der Waals surface area (Å²) in [6.07, 6.45) is 7.05. The van der Waals surface area contributed by atoms with Gasteiger partial charge in [-0.05, 0) is 34.6 Å². The molecule has 6 nitrogen and oxygen atoms in total. The van der Waals surface area contributed by atoms with Crippen LogP contribution >= 0.6 is 0 Å². The lowest BCUT2D eigenvalue weighted by molar-refractivity contribution is 0.00578. The molecular weight excluding hydrogens is 279 g/mol. The maximum absolute atomic E-state index is 6.09. The molecule has 0 aromatic carbocycles. The van der Waals surface area contributed by atoms with Gasteiger partial charge in [0.1, 0.15) is 0 Å². The standard InChI is InChI=1S/C15H21BN4O2/c1-11-13(16-21-14(2,3)15(4,5)22-16)10-20(19-11)9-12-8-17-6-7-18-12/h6-8,10H,9H2,1-5H3. The number of nitrogens with zero attached hydrogens (tertiary/aromatic N) is 4. The molecule has 22 heavy (non-hydrogen) atoms. The van der Waals surface area contributed by atoms with Gasteiger partial charge in [-0.2, -0.15) is 5.10 Å². The second kappa shape index (κ2) is 5.17. The van der Waals surface area contributed by atoms with Gasteiger partial charge in [0.15, 0.2) is 0 Å². The second-order valence-corrected chi connectivity index (χ2v) is 6.65. The van der Waals surface area contributed by atoms with Gasteiger partial charge in [-0.1, -0.05) is 0 Å². The maximum atomic E-state index is 6.09. The number of aromatic nitrogens is 4. The highest BCUT2D eigenvalue weighted by molar-refractivity contribution is 6.62. The fourth-order valence-corrected chi connectivity index (χ4v) is 2.39. The Morgan fingerprint density at radius 1 is 1.14 bits per heavy atom. The number of rotatable bonds is 3. The van der Waals surface area contributed by atoms with Gasteiger partial charge in [0.2, 0.25) is 0 Å². The van der Waals surface area contributed by atoms with Crippen LogP contribution in [0.25, 0.3) is 0 Å². The lowest BCUT2D eigenvalue weighted by Crippen LogP contribution is -2.41. The Bertz CT molecular complexity index is 653. The van der Waals surface area contributed by atoms with Crippen molar-refractivity contribution in [3.05, 3.63) is 36.2 Å². The summed E-state index contributed by atoms with van der Waals surface area (Å²) in [5.74, 6) is 0. The van der Waals surface area contributed by atoms with Crippen LogP contribution in [0.1, 0.15) is 39.1 Å². The first-order chi connectivity index (χ1) is 10.3. The lowest BCUT2D eigenvalue weighted by atomic mass is 9.79. The Hall–Kier alpha value is -1.73. The monoisotopic (exact) mass is 300 g/mol. The van der Waals surface area contributed by atoms with Crippen molar-refractivity contribution in [3.63, 3.8) is 0 Å². The topological polar surface area (TPSA) is 62.1 Å². The van der Waals surface area contributed by atoms with Crippen LogP contribution in [0, 0.1) is 6.92 Å². The minimum Gasteiger partial charge on any atom is -0.399 e. The van der Waals surface area contributed by atoms with Crippen molar-refractivity contribution in [2.24, 2.45) is 0 Å². The lowest BCUT2D eigenvalue weighted by Gasteiger charge is -2.32. The molecule has 7 heteroatoms. The molecule has 1 saturated heterocycles. The molecule has 0 aliphatic carbocycles. The third kappa shape index (κ3) is 2.66. The Kier molecular flexibility index (Phi) is 3.57. The summed E-state index contributed by atoms with van der Waals surface area (Å²) in [4.78, 5) is 8.34. The Balaban J connectivity index is 1.82. The van der Waals surface area contributed by atoms with Crippen LogP contribution in [0.3, 0.4) is 0 Å². The summed E-state index contributed by atoms with van der Waals surface area (Å²) in [5.41, 5.74) is 2.03. The van der Waals surface area contributed by atoms with Crippen molar-refractivity contribution in [1.29, 1.82) is 0 Å². The van der Waals surface area contributed by atoms with Crippen LogP contribution in [-0.2, 0) is 15.9 Å². The van der Waals surface area contributed by atoms with E-state index in [1.165, 1.54) is 0 Å². The average Bonchev–Trinajstić information content (AvgIpc) is 2.88. The molecule has 1 aliphatic heterocycles. The predicted molar refractivity (Wildman–Crippen MR) is 83.8 cm³/mol. The van der Waals surface area contributed by atoms with Gasteiger partial charge in [-0.25, -0.2) is 0 Å². The molecule has 116 valence electrons. The molecule has 2 aromatic rings. The summed E-state index contributed by atoms with van der Waals surface area (Å²) in [5, 5.41) is 4.53. The first-order valence-corrected chi connectivity index (χ1v) is 7.43. The first-order valence-electron chi connectivity index (χ1n) is 7.43. The summed E-state index contributed by atoms with van der Waals surface area (Å²) >= 11 is 0. The fraction of sp³-hybridized carbons (Fsp3) is 0.533. The molecule has 0 saturated carbocycles. The Morgan fingerprint density at radius 2 is 1.82 bits per heavy atom. The van der Waals surface area contributed by atoms with Gasteiger partial charge in [-0.3, -0.25) is 14.6 Å². The zero-order valence-electron chi connectivity index (χ0n) is 13.7. The van der Waals surface area contributed by atoms with Crippen molar-refractivity contribution < 1.29 is 9.31 Å². The van der Waals surface area contributed by atoms with E-state index in [4.69, 9.17) is 9.31 Å². The van der Waals surface area contributed by atoms with Crippen LogP contribution in [0.15, 0.2) is 24.8 Å². The van der Waals surface area contributed by atoms with E-state index >= 15 is 0 Å². The van der Waals surface area contributed by atoms with E-state index in [2.05, 4.69) is 15.1 Å². The molecule has 0 N–H and O–H groups in total. The number of hydrogen-bond donors (Lipinski definition) is 0. The van der Waals surface area contributed by atoms with Crippen LogP contribution in [0.2, 0.25) is 0 Å². The van der Waals surface area contributed by atoms with Gasteiger partial charge in [0.05, 0.1) is 35.3 Å². The van der Waals surface area contributed by atoms with Crippen LogP contribution in [0.4, 0.5) is 0 Å². The largest absolute Gasteiger partial charge is 0.498 e. The molecule has 0 spiro atoms. The van der Waals surface area contributed by atoms with Crippen LogP contribution < -0.4 is 5.46 Å². The van der Waals surface area contributed by atoms with Gasteiger partial charge in [0.25, 0.3) is 0 Å². The van der Waals surface area contributed by atoms with E-state index in [-0.39, 0.29) is 18.3 Å². The maximum Gasteiger partial charge on any atom is 0.498 e. The molecule has 3 rings (SSSR count). The minimum atomic E-state index is -0.388. The quantitative estimate of drug-likeness (QED) is 0.800. The third-order valence-corrected chi connectivity index (χ3v) is 4.43. The van der Waals surface area contributed by atoms with Gasteiger partial charge in [-0.15, -0.1) is 0 Å². The molecule has 0 amide bonds. The zero-order valence-corrected chi connectivity index (χ0v) is 13.7. The van der Waals surface area contributed by atoms with Crippen molar-refractivity contribution in [2.75, 3.05) is 0 Å². The van der Waals surface area contributed by atoms with E-state index in [0.717, 1.165) is 16.9 Å². The van der Waals surface area contributed by atoms with E-state index in [1.807, 2.05) is 45.5 Å². The third-order valence-electron chi connectivity index (χ3n) is 4.43. The highest BCUT2D eigenvalue weighted by atomic mass is 16.7. The molecule has 2 aromatic heterocycles. The Morgan fingerprint density at radius 3 is 2.41 bits per heavy atom. The normalized spacial score (nSPS) is 19.6. The van der Waals surface area contributed by atoms with Gasteiger partial charge >= 0.3 is 7.12 Å². The fourth-order valence-electron chi connectivity index (χ4n) is 2.39. The van der Waals surface area contributed by atoms with Gasteiger partial charge in [0, 0.05) is 24.1 Å². The van der Waals surface area contributed by atoms with Crippen molar-refractivity contribution >= 4 is 12.6 Å². The van der Waals surface area contributed by atoms with E-state index in [0.29, 0.717) is 6.54 Å². The SMILES string of the molecule is Cc1nn(Cc2cnccn2)cc1B1OC(C)(C)C(C)(C)O1. The van der Waals surface area contributed by atoms with Gasteiger partial charge < -0.3 is 9.31 Å². The van der Waals surface area contributed by atoms with Crippen LogP contribution in [0.5, 0.6) is 0 Å². The molecular formula is C15H21BN4O2. The summed E-state index contributed by atoms with van der Waals surface area (Å²) in [6, 6.07) is 0. The van der Waals surface area contributed by atoms with Crippen molar-refractivity contribution in [1.82, 2.24) is 19.7 Å². The summed E-state index contributed by atoms with van der Waals surface area (Å²) in [7, 11) is -0.388. The number of hydrogen-bond acceptors (Lipinski definition) is 5. The summed E-state index contributed by atoms with van der Waals surface area (Å²) < 4.78 is 14.0. The zero-order chi connectivity index (χ0) is 16.0. The van der Waals surface area contributed by atoms with E-state index in [1.54, 1.807) is 18.6 Å². The predicted octanol–water partition coefficient (Wildman–Crippen LogP) is 1.33. The first kappa shape index (κ1) is 15.2. The smallest absolute Gasteiger partial charge is 0.399 e. The second-order valence-electron chi connectivity index (χ2n) is 6.65. The minimum absolute atomic E-state index is 0.350. The molecule has 0 atom stereocenters. The van der Waals surface area contributed by atoms with Crippen molar-refractivity contribution in [2.45, 2.75) is 52.4 Å². The molecule has 0 radical (unpaired) electrons. The highest BCUT2D eigenvalue weighted by Crippen LogP contribution is 2.36. The average molecular weight is 300 g/mol. The van der Waals surface area contributed by atoms with E-state index in [9.17, 15) is 0 Å². The molecule has 3 heterocycles. The molecule has 0 unspecified atom stereocenters. The summed E-state index contributed by atoms with van der Waals surface area (Å²) in [6.45, 7) is 10.7.